The zero-order valence-electron chi connectivity index (χ0n) is 10.9. The fraction of sp³-hybridized carbons (Fsp3) is 0.538. The zero-order chi connectivity index (χ0) is 13.3. The van der Waals surface area contributed by atoms with Crippen LogP contribution in [0.2, 0.25) is 0 Å². The van der Waals surface area contributed by atoms with Gasteiger partial charge < -0.3 is 10.2 Å². The number of piperazine rings is 1. The molecule has 1 aliphatic rings. The summed E-state index contributed by atoms with van der Waals surface area (Å²) in [6.45, 7) is 6.30. The number of nitrogens with zero attached hydrogens (tertiary/aromatic N) is 1. The van der Waals surface area contributed by atoms with E-state index in [0.717, 1.165) is 11.3 Å². The number of amides is 2. The van der Waals surface area contributed by atoms with Gasteiger partial charge in [0, 0.05) is 9.75 Å². The van der Waals surface area contributed by atoms with Crippen molar-refractivity contribution in [3.8, 4) is 0 Å². The summed E-state index contributed by atoms with van der Waals surface area (Å²) in [5.74, 6) is -0.111. The van der Waals surface area contributed by atoms with Gasteiger partial charge in [-0.3, -0.25) is 9.59 Å². The van der Waals surface area contributed by atoms with Crippen LogP contribution >= 0.6 is 11.3 Å². The zero-order valence-corrected chi connectivity index (χ0v) is 11.8. The van der Waals surface area contributed by atoms with E-state index in [2.05, 4.69) is 18.3 Å². The van der Waals surface area contributed by atoms with Gasteiger partial charge >= 0.3 is 0 Å². The molecule has 0 spiro atoms. The molecule has 1 N–H and O–H groups in total. The average molecular weight is 266 g/mol. The average Bonchev–Trinajstić information content (AvgIpc) is 2.78. The van der Waals surface area contributed by atoms with Gasteiger partial charge in [-0.1, -0.05) is 6.92 Å². The molecule has 98 valence electrons. The Hall–Kier alpha value is -1.36. The molecule has 1 aromatic rings. The Labute approximate surface area is 111 Å². The first-order valence-corrected chi connectivity index (χ1v) is 6.93. The number of hydrogen-bond donors (Lipinski definition) is 1. The molecule has 1 aliphatic heterocycles. The summed E-state index contributed by atoms with van der Waals surface area (Å²) in [5.41, 5.74) is -0.772. The van der Waals surface area contributed by atoms with Gasteiger partial charge in [-0.25, -0.2) is 0 Å². The van der Waals surface area contributed by atoms with Crippen molar-refractivity contribution in [2.75, 3.05) is 6.54 Å². The molecule has 18 heavy (non-hydrogen) atoms. The summed E-state index contributed by atoms with van der Waals surface area (Å²) < 4.78 is 0. The maximum atomic E-state index is 12.0. The van der Waals surface area contributed by atoms with E-state index >= 15 is 0 Å². The minimum Gasteiger partial charge on any atom is -0.345 e. The highest BCUT2D eigenvalue weighted by Gasteiger charge is 2.41. The number of nitrogens with one attached hydrogen (secondary N) is 1. The third-order valence-corrected chi connectivity index (χ3v) is 4.53. The van der Waals surface area contributed by atoms with E-state index < -0.39 is 5.54 Å². The number of hydrogen-bond acceptors (Lipinski definition) is 3. The Morgan fingerprint density at radius 1 is 1.33 bits per heavy atom. The second-order valence-electron chi connectivity index (χ2n) is 4.94. The Morgan fingerprint density at radius 3 is 2.61 bits per heavy atom. The van der Waals surface area contributed by atoms with Crippen LogP contribution in [0.5, 0.6) is 0 Å². The fourth-order valence-corrected chi connectivity index (χ4v) is 2.99. The van der Waals surface area contributed by atoms with E-state index in [1.165, 1.54) is 4.88 Å². The van der Waals surface area contributed by atoms with Crippen LogP contribution in [0.4, 0.5) is 0 Å². The molecule has 2 heterocycles. The summed E-state index contributed by atoms with van der Waals surface area (Å²) in [6, 6.07) is 4.13. The van der Waals surface area contributed by atoms with Gasteiger partial charge in [0.15, 0.2) is 0 Å². The number of aryl methyl sites for hydroxylation is 1. The molecule has 5 heteroatoms. The van der Waals surface area contributed by atoms with E-state index in [4.69, 9.17) is 0 Å². The molecule has 0 unspecified atom stereocenters. The van der Waals surface area contributed by atoms with Crippen molar-refractivity contribution in [2.24, 2.45) is 0 Å². The van der Waals surface area contributed by atoms with Gasteiger partial charge in [-0.2, -0.15) is 0 Å². The van der Waals surface area contributed by atoms with Crippen molar-refractivity contribution in [1.29, 1.82) is 0 Å². The number of thiophene rings is 1. The molecule has 1 saturated heterocycles. The van der Waals surface area contributed by atoms with Gasteiger partial charge in [0.2, 0.25) is 11.8 Å². The monoisotopic (exact) mass is 266 g/mol. The van der Waals surface area contributed by atoms with Crippen LogP contribution in [0.25, 0.3) is 0 Å². The Morgan fingerprint density at radius 2 is 2.00 bits per heavy atom. The van der Waals surface area contributed by atoms with Crippen LogP contribution in [0.1, 0.15) is 30.5 Å². The molecule has 0 saturated carbocycles. The smallest absolute Gasteiger partial charge is 0.245 e. The highest BCUT2D eigenvalue weighted by molar-refractivity contribution is 7.11. The molecule has 1 aromatic heterocycles. The van der Waals surface area contributed by atoms with Crippen molar-refractivity contribution in [1.82, 2.24) is 10.2 Å². The highest BCUT2D eigenvalue weighted by atomic mass is 32.1. The lowest BCUT2D eigenvalue weighted by Crippen LogP contribution is -2.63. The number of carbonyl (C=O) groups is 2. The minimum atomic E-state index is -0.772. The molecule has 1 fully saturated rings. The normalized spacial score (nSPS) is 18.9. The fourth-order valence-electron chi connectivity index (χ4n) is 2.04. The lowest BCUT2D eigenvalue weighted by Gasteiger charge is -2.40. The van der Waals surface area contributed by atoms with Crippen molar-refractivity contribution < 1.29 is 9.59 Å². The second kappa shape index (κ2) is 4.72. The highest BCUT2D eigenvalue weighted by Crippen LogP contribution is 2.25. The van der Waals surface area contributed by atoms with E-state index in [0.29, 0.717) is 6.54 Å². The van der Waals surface area contributed by atoms with Crippen LogP contribution < -0.4 is 5.32 Å². The predicted octanol–water partition coefficient (Wildman–Crippen LogP) is 1.55. The Balaban J connectivity index is 2.19. The molecule has 0 radical (unpaired) electrons. The number of rotatable bonds is 3. The van der Waals surface area contributed by atoms with Crippen molar-refractivity contribution >= 4 is 23.2 Å². The van der Waals surface area contributed by atoms with Gasteiger partial charge in [0.05, 0.1) is 13.1 Å². The first-order chi connectivity index (χ1) is 8.45. The summed E-state index contributed by atoms with van der Waals surface area (Å²) in [7, 11) is 0. The van der Waals surface area contributed by atoms with Crippen molar-refractivity contribution in [2.45, 2.75) is 39.3 Å². The summed E-state index contributed by atoms with van der Waals surface area (Å²) in [6.07, 6.45) is 1.00. The van der Waals surface area contributed by atoms with E-state index in [9.17, 15) is 9.59 Å². The lowest BCUT2D eigenvalue weighted by molar-refractivity contribution is -0.152. The molecule has 0 bridgehead atoms. The largest absolute Gasteiger partial charge is 0.345 e. The maximum absolute atomic E-state index is 12.0. The van der Waals surface area contributed by atoms with Crippen LogP contribution in [-0.4, -0.2) is 28.8 Å². The van der Waals surface area contributed by atoms with Crippen molar-refractivity contribution in [3.05, 3.63) is 21.9 Å². The first-order valence-electron chi connectivity index (χ1n) is 6.11. The van der Waals surface area contributed by atoms with E-state index in [1.807, 2.05) is 6.07 Å². The predicted molar refractivity (Wildman–Crippen MR) is 71.3 cm³/mol. The molecule has 2 amide bonds. The first kappa shape index (κ1) is 13.1. The number of carbonyl (C=O) groups excluding carboxylic acids is 2. The molecule has 0 atom stereocenters. The van der Waals surface area contributed by atoms with Gasteiger partial charge in [-0.15, -0.1) is 11.3 Å². The molecule has 4 nitrogen and oxygen atoms in total. The molecular weight excluding hydrogens is 248 g/mol. The lowest BCUT2D eigenvalue weighted by atomic mass is 9.98. The maximum Gasteiger partial charge on any atom is 0.245 e. The molecule has 2 rings (SSSR count). The summed E-state index contributed by atoms with van der Waals surface area (Å²) >= 11 is 1.70. The second-order valence-corrected chi connectivity index (χ2v) is 6.20. The van der Waals surface area contributed by atoms with Crippen LogP contribution in [0, 0.1) is 0 Å². The Bertz CT molecular complexity index is 479. The summed E-state index contributed by atoms with van der Waals surface area (Å²) in [5, 5.41) is 2.63. The molecular formula is C13H18N2O2S. The standard InChI is InChI=1S/C13H18N2O2S/c1-4-9-5-6-10(18-9)8-15-11(16)7-14-12(17)13(15,2)3/h5-6H,4,7-8H2,1-3H3,(H,14,17). The van der Waals surface area contributed by atoms with Crippen LogP contribution in [-0.2, 0) is 22.6 Å². The van der Waals surface area contributed by atoms with Gasteiger partial charge in [0.1, 0.15) is 5.54 Å². The van der Waals surface area contributed by atoms with Gasteiger partial charge in [-0.05, 0) is 32.4 Å². The summed E-state index contributed by atoms with van der Waals surface area (Å²) in [4.78, 5) is 27.9. The van der Waals surface area contributed by atoms with Crippen LogP contribution in [0.15, 0.2) is 12.1 Å². The van der Waals surface area contributed by atoms with Crippen LogP contribution in [0.3, 0.4) is 0 Å². The van der Waals surface area contributed by atoms with Gasteiger partial charge in [0.25, 0.3) is 0 Å². The Kier molecular flexibility index (Phi) is 3.43. The van der Waals surface area contributed by atoms with Crippen molar-refractivity contribution in [3.63, 3.8) is 0 Å². The minimum absolute atomic E-state index is 0.0222. The van der Waals surface area contributed by atoms with E-state index in [-0.39, 0.29) is 18.4 Å². The SMILES string of the molecule is CCc1ccc(CN2C(=O)CNC(=O)C2(C)C)s1. The topological polar surface area (TPSA) is 49.4 Å². The molecule has 0 aliphatic carbocycles. The third kappa shape index (κ3) is 2.27. The quantitative estimate of drug-likeness (QED) is 0.902. The van der Waals surface area contributed by atoms with E-state index in [1.54, 1.807) is 30.1 Å². The third-order valence-electron chi connectivity index (χ3n) is 3.31. The molecule has 0 aromatic carbocycles.